The van der Waals surface area contributed by atoms with Crippen molar-refractivity contribution in [2.45, 2.75) is 19.4 Å². The molecule has 3 aromatic rings. The first-order valence-corrected chi connectivity index (χ1v) is 7.24. The van der Waals surface area contributed by atoms with Gasteiger partial charge in [0.1, 0.15) is 12.7 Å². The van der Waals surface area contributed by atoms with Crippen molar-refractivity contribution in [1.82, 2.24) is 25.1 Å². The second-order valence-electron chi connectivity index (χ2n) is 5.00. The molecule has 0 aliphatic rings. The highest BCUT2D eigenvalue weighted by molar-refractivity contribution is 5.81. The molecule has 2 heterocycles. The zero-order valence-electron chi connectivity index (χ0n) is 12.1. The Morgan fingerprint density at radius 2 is 2.14 bits per heavy atom. The lowest BCUT2D eigenvalue weighted by molar-refractivity contribution is -0.121. The Labute approximate surface area is 128 Å². The van der Waals surface area contributed by atoms with Crippen LogP contribution in [0.4, 0.5) is 0 Å². The summed E-state index contributed by atoms with van der Waals surface area (Å²) in [4.78, 5) is 20.1. The van der Waals surface area contributed by atoms with E-state index in [1.165, 1.54) is 6.33 Å². The van der Waals surface area contributed by atoms with Crippen molar-refractivity contribution in [3.8, 4) is 0 Å². The third-order valence-electron chi connectivity index (χ3n) is 3.47. The zero-order chi connectivity index (χ0) is 15.2. The summed E-state index contributed by atoms with van der Waals surface area (Å²) in [5.41, 5.74) is 2.15. The number of carbonyl (C=O) groups is 1. The van der Waals surface area contributed by atoms with E-state index in [0.717, 1.165) is 22.9 Å². The highest BCUT2D eigenvalue weighted by atomic mass is 16.1. The minimum Gasteiger partial charge on any atom is -0.356 e. The van der Waals surface area contributed by atoms with Crippen LogP contribution < -0.4 is 5.32 Å². The number of nitrogens with zero attached hydrogens (tertiary/aromatic N) is 4. The molecule has 1 N–H and O–H groups in total. The molecule has 22 heavy (non-hydrogen) atoms. The van der Waals surface area contributed by atoms with Crippen molar-refractivity contribution in [2.24, 2.45) is 0 Å². The van der Waals surface area contributed by atoms with Gasteiger partial charge in [-0.1, -0.05) is 24.3 Å². The standard InChI is InChI=1S/C16H17N5O/c22-15(7-10-21-12-17-11-20-21)18-9-6-14-4-1-3-13-5-2-8-19-16(13)14/h1-5,8,11-12H,6-7,9-10H2,(H,18,22). The number of fused-ring (bicyclic) bond motifs is 1. The minimum absolute atomic E-state index is 0.0173. The molecule has 112 valence electrons. The van der Waals surface area contributed by atoms with Crippen molar-refractivity contribution in [3.63, 3.8) is 0 Å². The van der Waals surface area contributed by atoms with Gasteiger partial charge in [0.25, 0.3) is 0 Å². The molecule has 0 aliphatic heterocycles. The van der Waals surface area contributed by atoms with Crippen LogP contribution in [0.2, 0.25) is 0 Å². The van der Waals surface area contributed by atoms with Gasteiger partial charge in [0.15, 0.2) is 0 Å². The number of aryl methyl sites for hydroxylation is 1. The van der Waals surface area contributed by atoms with Crippen LogP contribution in [0.5, 0.6) is 0 Å². The molecule has 0 radical (unpaired) electrons. The lowest BCUT2D eigenvalue weighted by atomic mass is 10.1. The molecule has 1 amide bonds. The number of carbonyl (C=O) groups excluding carboxylic acids is 1. The number of rotatable bonds is 6. The molecular weight excluding hydrogens is 278 g/mol. The number of nitrogens with one attached hydrogen (secondary N) is 1. The van der Waals surface area contributed by atoms with Crippen molar-refractivity contribution >= 4 is 16.8 Å². The van der Waals surface area contributed by atoms with Crippen LogP contribution in [-0.2, 0) is 17.8 Å². The lowest BCUT2D eigenvalue weighted by Crippen LogP contribution is -2.26. The molecule has 0 saturated carbocycles. The number of amides is 1. The van der Waals surface area contributed by atoms with E-state index in [2.05, 4.69) is 26.4 Å². The maximum atomic E-state index is 11.8. The van der Waals surface area contributed by atoms with E-state index >= 15 is 0 Å². The maximum Gasteiger partial charge on any atom is 0.221 e. The Kier molecular flexibility index (Phi) is 4.38. The predicted octanol–water partition coefficient (Wildman–Crippen LogP) is 1.58. The molecule has 0 fully saturated rings. The van der Waals surface area contributed by atoms with E-state index in [4.69, 9.17) is 0 Å². The predicted molar refractivity (Wildman–Crippen MR) is 83.1 cm³/mol. The van der Waals surface area contributed by atoms with Gasteiger partial charge in [-0.3, -0.25) is 14.5 Å². The number of hydrogen-bond acceptors (Lipinski definition) is 4. The number of para-hydroxylation sites is 1. The normalized spacial score (nSPS) is 10.7. The fourth-order valence-corrected chi connectivity index (χ4v) is 2.36. The summed E-state index contributed by atoms with van der Waals surface area (Å²) >= 11 is 0. The third-order valence-corrected chi connectivity index (χ3v) is 3.47. The first-order chi connectivity index (χ1) is 10.8. The number of aromatic nitrogens is 4. The largest absolute Gasteiger partial charge is 0.356 e. The van der Waals surface area contributed by atoms with Crippen LogP contribution in [0.25, 0.3) is 10.9 Å². The second-order valence-corrected chi connectivity index (χ2v) is 5.00. The summed E-state index contributed by atoms with van der Waals surface area (Å²) in [5, 5.41) is 8.02. The topological polar surface area (TPSA) is 72.7 Å². The van der Waals surface area contributed by atoms with Gasteiger partial charge < -0.3 is 5.32 Å². The van der Waals surface area contributed by atoms with E-state index in [1.54, 1.807) is 17.2 Å². The quantitative estimate of drug-likeness (QED) is 0.749. The van der Waals surface area contributed by atoms with Gasteiger partial charge >= 0.3 is 0 Å². The van der Waals surface area contributed by atoms with Crippen LogP contribution in [0.1, 0.15) is 12.0 Å². The average molecular weight is 295 g/mol. The Bertz CT molecular complexity index is 749. The Balaban J connectivity index is 1.50. The van der Waals surface area contributed by atoms with E-state index in [-0.39, 0.29) is 5.91 Å². The molecule has 0 atom stereocenters. The lowest BCUT2D eigenvalue weighted by Gasteiger charge is -2.07. The molecule has 6 heteroatoms. The Morgan fingerprint density at radius 1 is 1.23 bits per heavy atom. The van der Waals surface area contributed by atoms with Crippen molar-refractivity contribution < 1.29 is 4.79 Å². The molecule has 1 aromatic carbocycles. The smallest absolute Gasteiger partial charge is 0.221 e. The van der Waals surface area contributed by atoms with Gasteiger partial charge in [0, 0.05) is 24.5 Å². The van der Waals surface area contributed by atoms with Gasteiger partial charge in [-0.15, -0.1) is 0 Å². The molecule has 0 spiro atoms. The number of pyridine rings is 1. The SMILES string of the molecule is O=C(CCn1cncn1)NCCc1cccc2cccnc12. The van der Waals surface area contributed by atoms with E-state index < -0.39 is 0 Å². The van der Waals surface area contributed by atoms with Gasteiger partial charge in [-0.05, 0) is 18.1 Å². The Morgan fingerprint density at radius 3 is 3.00 bits per heavy atom. The highest BCUT2D eigenvalue weighted by Gasteiger charge is 2.04. The summed E-state index contributed by atoms with van der Waals surface area (Å²) in [6.07, 6.45) is 6.03. The van der Waals surface area contributed by atoms with E-state index in [0.29, 0.717) is 19.5 Å². The fraction of sp³-hybridized carbons (Fsp3) is 0.250. The van der Waals surface area contributed by atoms with Gasteiger partial charge in [-0.25, -0.2) is 4.98 Å². The monoisotopic (exact) mass is 295 g/mol. The van der Waals surface area contributed by atoms with Crippen molar-refractivity contribution in [3.05, 3.63) is 54.7 Å². The molecule has 0 unspecified atom stereocenters. The average Bonchev–Trinajstić information content (AvgIpc) is 3.07. The van der Waals surface area contributed by atoms with Crippen LogP contribution in [0.3, 0.4) is 0 Å². The first kappa shape index (κ1) is 14.2. The molecule has 6 nitrogen and oxygen atoms in total. The minimum atomic E-state index is 0.0173. The summed E-state index contributed by atoms with van der Waals surface area (Å²) in [7, 11) is 0. The van der Waals surface area contributed by atoms with Crippen molar-refractivity contribution in [2.75, 3.05) is 6.54 Å². The molecular formula is C16H17N5O. The van der Waals surface area contributed by atoms with E-state index in [9.17, 15) is 4.79 Å². The van der Waals surface area contributed by atoms with Crippen LogP contribution in [-0.4, -0.2) is 32.2 Å². The van der Waals surface area contributed by atoms with Gasteiger partial charge in [0.2, 0.25) is 5.91 Å². The van der Waals surface area contributed by atoms with Crippen LogP contribution in [0, 0.1) is 0 Å². The Hall–Kier alpha value is -2.76. The molecule has 2 aromatic heterocycles. The van der Waals surface area contributed by atoms with Gasteiger partial charge in [-0.2, -0.15) is 5.10 Å². The van der Waals surface area contributed by atoms with Crippen LogP contribution in [0.15, 0.2) is 49.2 Å². The molecule has 3 rings (SSSR count). The van der Waals surface area contributed by atoms with E-state index in [1.807, 2.05) is 24.3 Å². The summed E-state index contributed by atoms with van der Waals surface area (Å²) in [5.74, 6) is 0.0173. The highest BCUT2D eigenvalue weighted by Crippen LogP contribution is 2.15. The summed E-state index contributed by atoms with van der Waals surface area (Å²) in [6, 6.07) is 10.1. The van der Waals surface area contributed by atoms with Gasteiger partial charge in [0.05, 0.1) is 12.1 Å². The first-order valence-electron chi connectivity index (χ1n) is 7.24. The van der Waals surface area contributed by atoms with Crippen LogP contribution >= 0.6 is 0 Å². The maximum absolute atomic E-state index is 11.8. The molecule has 0 aliphatic carbocycles. The molecule has 0 saturated heterocycles. The summed E-state index contributed by atoms with van der Waals surface area (Å²) in [6.45, 7) is 1.15. The number of benzene rings is 1. The zero-order valence-corrected chi connectivity index (χ0v) is 12.1. The second kappa shape index (κ2) is 6.80. The third kappa shape index (κ3) is 3.46. The number of hydrogen-bond donors (Lipinski definition) is 1. The summed E-state index contributed by atoms with van der Waals surface area (Å²) < 4.78 is 1.65. The fourth-order valence-electron chi connectivity index (χ4n) is 2.36. The molecule has 0 bridgehead atoms. The van der Waals surface area contributed by atoms with Crippen molar-refractivity contribution in [1.29, 1.82) is 0 Å².